The summed E-state index contributed by atoms with van der Waals surface area (Å²) in [7, 11) is 1.63. The van der Waals surface area contributed by atoms with Crippen molar-refractivity contribution >= 4 is 0 Å². The molecule has 0 radical (unpaired) electrons. The van der Waals surface area contributed by atoms with Crippen molar-refractivity contribution in [2.45, 2.75) is 25.3 Å². The minimum atomic E-state index is 0.328. The van der Waals surface area contributed by atoms with Gasteiger partial charge in [0.05, 0.1) is 19.4 Å². The number of phenols is 1. The number of hydrogen-bond donors (Lipinski definition) is 3. The second-order valence-electron chi connectivity index (χ2n) is 6.93. The third-order valence-electron chi connectivity index (χ3n) is 5.06. The lowest BCUT2D eigenvalue weighted by Crippen LogP contribution is -2.34. The van der Waals surface area contributed by atoms with Gasteiger partial charge in [0.2, 0.25) is 0 Å². The maximum atomic E-state index is 9.67. The van der Waals surface area contributed by atoms with Crippen LogP contribution in [0.3, 0.4) is 0 Å². The maximum Gasteiger partial charge on any atom is 0.142 e. The van der Waals surface area contributed by atoms with E-state index in [0.717, 1.165) is 37.4 Å². The van der Waals surface area contributed by atoms with E-state index in [9.17, 15) is 5.11 Å². The number of likely N-dealkylation sites (tertiary alicyclic amines) is 1. The highest BCUT2D eigenvalue weighted by molar-refractivity contribution is 5.30. The highest BCUT2D eigenvalue weighted by Gasteiger charge is 2.21. The zero-order valence-corrected chi connectivity index (χ0v) is 16.1. The van der Waals surface area contributed by atoms with Crippen molar-refractivity contribution < 1.29 is 9.84 Å². The summed E-state index contributed by atoms with van der Waals surface area (Å²) in [6.07, 6.45) is 5.58. The van der Waals surface area contributed by atoms with E-state index in [1.807, 2.05) is 24.3 Å². The molecule has 3 N–H and O–H groups in total. The van der Waals surface area contributed by atoms with Gasteiger partial charge in [-0.25, -0.2) is 5.53 Å². The van der Waals surface area contributed by atoms with Crippen molar-refractivity contribution in [3.8, 4) is 11.5 Å². The molecule has 1 aliphatic heterocycles. The molecule has 3 rings (SSSR count). The molecule has 1 aliphatic rings. The quantitative estimate of drug-likeness (QED) is 0.607. The Morgan fingerprint density at radius 3 is 2.89 bits per heavy atom. The number of phenolic OH excluding ortho intramolecular Hbond substituents is 1. The van der Waals surface area contributed by atoms with Gasteiger partial charge in [-0.2, -0.15) is 5.11 Å². The van der Waals surface area contributed by atoms with Crippen LogP contribution in [0.15, 0.2) is 59.6 Å². The minimum absolute atomic E-state index is 0.328. The molecule has 7 nitrogen and oxygen atoms in total. The lowest BCUT2D eigenvalue weighted by atomic mass is 9.89. The molecule has 7 heteroatoms. The van der Waals surface area contributed by atoms with Gasteiger partial charge in [0.25, 0.3) is 0 Å². The molecule has 0 bridgehead atoms. The van der Waals surface area contributed by atoms with Crippen LogP contribution in [-0.4, -0.2) is 41.7 Å². The van der Waals surface area contributed by atoms with Gasteiger partial charge in [-0.05, 0) is 61.7 Å². The van der Waals surface area contributed by atoms with E-state index in [4.69, 9.17) is 10.3 Å². The largest absolute Gasteiger partial charge is 0.508 e. The molecule has 2 aromatic rings. The Balaban J connectivity index is 1.50. The molecule has 0 atom stereocenters. The van der Waals surface area contributed by atoms with Gasteiger partial charge in [-0.3, -0.25) is 9.88 Å². The molecule has 0 unspecified atom stereocenters. The summed E-state index contributed by atoms with van der Waals surface area (Å²) in [4.78, 5) is 6.62. The Bertz CT molecular complexity index is 816. The van der Waals surface area contributed by atoms with E-state index >= 15 is 0 Å². The summed E-state index contributed by atoms with van der Waals surface area (Å²) in [5, 5.41) is 16.5. The normalized spacial score (nSPS) is 16.0. The van der Waals surface area contributed by atoms with E-state index in [2.05, 4.69) is 26.4 Å². The first-order chi connectivity index (χ1) is 13.7. The van der Waals surface area contributed by atoms with Gasteiger partial charge in [0.15, 0.2) is 0 Å². The topological polar surface area (TPSA) is 93.8 Å². The highest BCUT2D eigenvalue weighted by Crippen LogP contribution is 2.30. The second kappa shape index (κ2) is 9.85. The summed E-state index contributed by atoms with van der Waals surface area (Å²) < 4.78 is 5.30. The van der Waals surface area contributed by atoms with Crippen LogP contribution in [-0.2, 0) is 6.54 Å². The molecule has 1 fully saturated rings. The van der Waals surface area contributed by atoms with Crippen molar-refractivity contribution in [2.24, 2.45) is 5.11 Å². The van der Waals surface area contributed by atoms with Gasteiger partial charge in [-0.1, -0.05) is 12.1 Å². The van der Waals surface area contributed by atoms with E-state index < -0.39 is 0 Å². The summed E-state index contributed by atoms with van der Waals surface area (Å²) in [5.74, 6) is 1.54. The van der Waals surface area contributed by atoms with Crippen molar-refractivity contribution in [1.29, 1.82) is 5.53 Å². The fraction of sp³-hybridized carbons (Fsp3) is 0.381. The summed E-state index contributed by atoms with van der Waals surface area (Å²) >= 11 is 0. The Kier molecular flexibility index (Phi) is 6.97. The number of ether oxygens (including phenoxy) is 1. The Morgan fingerprint density at radius 1 is 1.36 bits per heavy atom. The van der Waals surface area contributed by atoms with Crippen LogP contribution < -0.4 is 10.1 Å². The number of hydrogen-bond acceptors (Lipinski definition) is 7. The number of pyridine rings is 1. The van der Waals surface area contributed by atoms with Crippen LogP contribution in [0.25, 0.3) is 0 Å². The zero-order chi connectivity index (χ0) is 19.8. The van der Waals surface area contributed by atoms with E-state index in [1.54, 1.807) is 25.6 Å². The molecule has 2 heterocycles. The Labute approximate surface area is 165 Å². The summed E-state index contributed by atoms with van der Waals surface area (Å²) in [6, 6.07) is 11.3. The first-order valence-corrected chi connectivity index (χ1v) is 9.48. The van der Waals surface area contributed by atoms with E-state index in [-0.39, 0.29) is 0 Å². The van der Waals surface area contributed by atoms with Crippen molar-refractivity contribution in [3.05, 3.63) is 65.7 Å². The van der Waals surface area contributed by atoms with Gasteiger partial charge in [0.1, 0.15) is 17.2 Å². The molecule has 0 saturated carbocycles. The zero-order valence-electron chi connectivity index (χ0n) is 16.1. The highest BCUT2D eigenvalue weighted by atomic mass is 16.5. The minimum Gasteiger partial charge on any atom is -0.508 e. The van der Waals surface area contributed by atoms with Crippen LogP contribution in [0.5, 0.6) is 11.5 Å². The first-order valence-electron chi connectivity index (χ1n) is 9.48. The number of benzene rings is 1. The summed E-state index contributed by atoms with van der Waals surface area (Å²) in [6.45, 7) is 3.05. The van der Waals surface area contributed by atoms with Gasteiger partial charge >= 0.3 is 0 Å². The van der Waals surface area contributed by atoms with Crippen LogP contribution in [0, 0.1) is 5.53 Å². The average Bonchev–Trinajstić information content (AvgIpc) is 2.74. The lowest BCUT2D eigenvalue weighted by Gasteiger charge is -2.32. The average molecular weight is 381 g/mol. The third-order valence-corrected chi connectivity index (χ3v) is 5.06. The molecule has 28 heavy (non-hydrogen) atoms. The van der Waals surface area contributed by atoms with Crippen molar-refractivity contribution in [3.63, 3.8) is 0 Å². The van der Waals surface area contributed by atoms with Gasteiger partial charge < -0.3 is 15.2 Å². The monoisotopic (exact) mass is 381 g/mol. The smallest absolute Gasteiger partial charge is 0.142 e. The SMILES string of the molecule is COc1cccnc1CN/C=C(/CN1CCC(c2cccc(O)c2)CC1)N=N. The standard InChI is InChI=1S/C21H27N5O2/c1-28-21-6-3-9-24-20(21)14-23-13-18(25-22)15-26-10-7-16(8-11-26)17-4-2-5-19(27)12-17/h2-6,9,12-13,16,22-23,27H,7-8,10-11,14-15H2,1H3/b18-13-,25-22?. The molecular formula is C21H27N5O2. The number of nitrogens with one attached hydrogen (secondary N) is 2. The number of aromatic hydroxyl groups is 1. The molecular weight excluding hydrogens is 354 g/mol. The van der Waals surface area contributed by atoms with Crippen molar-refractivity contribution in [1.82, 2.24) is 15.2 Å². The maximum absolute atomic E-state index is 9.67. The molecule has 148 valence electrons. The molecule has 0 amide bonds. The molecule has 0 aliphatic carbocycles. The second-order valence-corrected chi connectivity index (χ2v) is 6.93. The van der Waals surface area contributed by atoms with Gasteiger partial charge in [0, 0.05) is 18.9 Å². The van der Waals surface area contributed by atoms with Crippen LogP contribution >= 0.6 is 0 Å². The molecule has 1 aromatic heterocycles. The van der Waals surface area contributed by atoms with Crippen LogP contribution in [0.2, 0.25) is 0 Å². The van der Waals surface area contributed by atoms with Crippen LogP contribution in [0.1, 0.15) is 30.0 Å². The number of nitrogens with zero attached hydrogens (tertiary/aromatic N) is 3. The molecule has 1 aromatic carbocycles. The lowest BCUT2D eigenvalue weighted by molar-refractivity contribution is 0.226. The fourth-order valence-electron chi connectivity index (χ4n) is 3.55. The number of piperidine rings is 1. The predicted octanol–water partition coefficient (Wildman–Crippen LogP) is 3.64. The van der Waals surface area contributed by atoms with Gasteiger partial charge in [-0.15, -0.1) is 0 Å². The van der Waals surface area contributed by atoms with E-state index in [0.29, 0.717) is 30.5 Å². The third kappa shape index (κ3) is 5.29. The fourth-order valence-corrected chi connectivity index (χ4v) is 3.55. The first kappa shape index (κ1) is 19.8. The van der Waals surface area contributed by atoms with E-state index in [1.165, 1.54) is 5.56 Å². The summed E-state index contributed by atoms with van der Waals surface area (Å²) in [5.41, 5.74) is 10.2. The predicted molar refractivity (Wildman–Crippen MR) is 107 cm³/mol. The Morgan fingerprint density at radius 2 is 2.18 bits per heavy atom. The Hall–Kier alpha value is -2.93. The van der Waals surface area contributed by atoms with Crippen molar-refractivity contribution in [2.75, 3.05) is 26.7 Å². The molecule has 1 saturated heterocycles. The number of rotatable bonds is 8. The van der Waals surface area contributed by atoms with Crippen LogP contribution in [0.4, 0.5) is 0 Å². The molecule has 0 spiro atoms. The number of aromatic nitrogens is 1. The number of methoxy groups -OCH3 is 1.